The number of hydrogen-bond donors (Lipinski definition) is 2. The molecule has 0 aromatic heterocycles. The minimum atomic E-state index is -1.18. The molecule has 5 rings (SSSR count). The normalized spacial score (nSPS) is 17.5. The highest BCUT2D eigenvalue weighted by molar-refractivity contribution is 5.90. The average molecular weight is 587 g/mol. The van der Waals surface area contributed by atoms with E-state index in [4.69, 9.17) is 14.2 Å². The topological polar surface area (TPSA) is 114 Å². The molecule has 1 fully saturated rings. The molecule has 0 bridgehead atoms. The lowest BCUT2D eigenvalue weighted by molar-refractivity contribution is -0.156. The molecular formula is C34H38N2O7. The van der Waals surface area contributed by atoms with Gasteiger partial charge in [0.25, 0.3) is 0 Å². The maximum absolute atomic E-state index is 13.9. The lowest BCUT2D eigenvalue weighted by atomic mass is 10.0. The van der Waals surface area contributed by atoms with Gasteiger partial charge in [-0.05, 0) is 86.6 Å². The van der Waals surface area contributed by atoms with E-state index in [2.05, 4.69) is 23.5 Å². The number of alkyl carbamates (subject to hydrolysis) is 1. The van der Waals surface area contributed by atoms with E-state index in [0.717, 1.165) is 28.7 Å². The van der Waals surface area contributed by atoms with Crippen LogP contribution in [-0.4, -0.2) is 58.0 Å². The summed E-state index contributed by atoms with van der Waals surface area (Å²) in [6.07, 6.45) is 0.0890. The number of nitrogens with zero attached hydrogens (tertiary/aromatic N) is 1. The minimum absolute atomic E-state index is 0.0266. The van der Waals surface area contributed by atoms with Gasteiger partial charge in [0.2, 0.25) is 5.91 Å². The molecule has 2 amide bonds. The van der Waals surface area contributed by atoms with Gasteiger partial charge in [-0.3, -0.25) is 9.69 Å². The third-order valence-corrected chi connectivity index (χ3v) is 7.69. The molecule has 9 nitrogen and oxygen atoms in total. The van der Waals surface area contributed by atoms with E-state index >= 15 is 0 Å². The van der Waals surface area contributed by atoms with Crippen LogP contribution in [0.25, 0.3) is 11.1 Å². The number of aliphatic carboxylic acids is 1. The summed E-state index contributed by atoms with van der Waals surface area (Å²) in [6.45, 7) is 9.00. The van der Waals surface area contributed by atoms with Gasteiger partial charge in [0.05, 0.1) is 6.61 Å². The molecule has 3 aromatic rings. The van der Waals surface area contributed by atoms with Crippen LogP contribution in [0.2, 0.25) is 0 Å². The van der Waals surface area contributed by atoms with Gasteiger partial charge < -0.3 is 24.6 Å². The average Bonchev–Trinajstić information content (AvgIpc) is 3.48. The zero-order valence-corrected chi connectivity index (χ0v) is 25.2. The highest BCUT2D eigenvalue weighted by atomic mass is 16.6. The van der Waals surface area contributed by atoms with Gasteiger partial charge >= 0.3 is 12.1 Å². The van der Waals surface area contributed by atoms with Crippen molar-refractivity contribution < 1.29 is 33.7 Å². The van der Waals surface area contributed by atoms with Crippen molar-refractivity contribution in [3.63, 3.8) is 0 Å². The van der Waals surface area contributed by atoms with Crippen LogP contribution in [0.1, 0.15) is 56.9 Å². The molecule has 1 heterocycles. The molecule has 3 aromatic carbocycles. The van der Waals surface area contributed by atoms with Crippen LogP contribution in [-0.2, 0) is 38.5 Å². The monoisotopic (exact) mass is 586 g/mol. The zero-order chi connectivity index (χ0) is 30.9. The third kappa shape index (κ3) is 6.67. The van der Waals surface area contributed by atoms with E-state index in [0.29, 0.717) is 5.75 Å². The number of benzene rings is 3. The SMILES string of the molecule is CC(C)(C)Oc1ccc(C[C@H](NC(=O)OCc2cccc3c2Cc2ccccc2-3)C(=O)N2[C@H](C(=O)O)COC2(C)C)cc1. The van der Waals surface area contributed by atoms with Gasteiger partial charge in [-0.2, -0.15) is 0 Å². The molecule has 0 saturated carbocycles. The van der Waals surface area contributed by atoms with Crippen LogP contribution in [0.4, 0.5) is 4.79 Å². The fourth-order valence-electron chi connectivity index (χ4n) is 5.74. The van der Waals surface area contributed by atoms with Gasteiger partial charge in [-0.15, -0.1) is 0 Å². The summed E-state index contributed by atoms with van der Waals surface area (Å²) in [6, 6.07) is 19.1. The van der Waals surface area contributed by atoms with Crippen molar-refractivity contribution in [2.24, 2.45) is 0 Å². The van der Waals surface area contributed by atoms with E-state index in [1.54, 1.807) is 26.0 Å². The van der Waals surface area contributed by atoms with E-state index < -0.39 is 35.8 Å². The second-order valence-electron chi connectivity index (χ2n) is 12.4. The lowest BCUT2D eigenvalue weighted by Gasteiger charge is -2.35. The van der Waals surface area contributed by atoms with Gasteiger partial charge in [-0.1, -0.05) is 54.6 Å². The predicted molar refractivity (Wildman–Crippen MR) is 161 cm³/mol. The summed E-state index contributed by atoms with van der Waals surface area (Å²) in [5.74, 6) is -1.08. The van der Waals surface area contributed by atoms with Crippen LogP contribution in [0.5, 0.6) is 5.75 Å². The molecule has 0 radical (unpaired) electrons. The number of nitrogens with one attached hydrogen (secondary N) is 1. The van der Waals surface area contributed by atoms with E-state index in [9.17, 15) is 19.5 Å². The van der Waals surface area contributed by atoms with Crippen LogP contribution in [0, 0.1) is 0 Å². The van der Waals surface area contributed by atoms with Crippen LogP contribution >= 0.6 is 0 Å². The van der Waals surface area contributed by atoms with Crippen molar-refractivity contribution in [3.8, 4) is 16.9 Å². The number of carbonyl (C=O) groups is 3. The molecule has 1 aliphatic carbocycles. The summed E-state index contributed by atoms with van der Waals surface area (Å²) in [5.41, 5.74) is 4.74. The first kappa shape index (κ1) is 30.1. The second-order valence-corrected chi connectivity index (χ2v) is 12.4. The van der Waals surface area contributed by atoms with Gasteiger partial charge in [0.1, 0.15) is 29.7 Å². The number of hydrogen-bond acceptors (Lipinski definition) is 6. The first-order valence-corrected chi connectivity index (χ1v) is 14.4. The van der Waals surface area contributed by atoms with E-state index in [-0.39, 0.29) is 25.2 Å². The van der Waals surface area contributed by atoms with Crippen molar-refractivity contribution in [2.45, 2.75) is 77.5 Å². The quantitative estimate of drug-likeness (QED) is 0.287. The summed E-state index contributed by atoms with van der Waals surface area (Å²) >= 11 is 0. The van der Waals surface area contributed by atoms with Gasteiger partial charge in [0.15, 0.2) is 6.04 Å². The minimum Gasteiger partial charge on any atom is -0.488 e. The van der Waals surface area contributed by atoms with Crippen LogP contribution < -0.4 is 10.1 Å². The molecule has 9 heteroatoms. The molecule has 2 atom stereocenters. The van der Waals surface area contributed by atoms with Crippen molar-refractivity contribution in [3.05, 3.63) is 89.0 Å². The van der Waals surface area contributed by atoms with Crippen molar-refractivity contribution in [1.82, 2.24) is 10.2 Å². The highest BCUT2D eigenvalue weighted by Crippen LogP contribution is 2.38. The van der Waals surface area contributed by atoms with Crippen LogP contribution in [0.15, 0.2) is 66.7 Å². The summed E-state index contributed by atoms with van der Waals surface area (Å²) in [5, 5.41) is 12.5. The predicted octanol–water partition coefficient (Wildman–Crippen LogP) is 5.32. The molecule has 0 unspecified atom stereocenters. The Kier molecular flexibility index (Phi) is 8.21. The third-order valence-electron chi connectivity index (χ3n) is 7.69. The number of amides is 2. The Balaban J connectivity index is 1.34. The van der Waals surface area contributed by atoms with E-state index in [1.165, 1.54) is 16.0 Å². The maximum atomic E-state index is 13.9. The Morgan fingerprint density at radius 3 is 2.42 bits per heavy atom. The van der Waals surface area contributed by atoms with Gasteiger partial charge in [0, 0.05) is 6.42 Å². The van der Waals surface area contributed by atoms with Crippen molar-refractivity contribution in [2.75, 3.05) is 6.61 Å². The maximum Gasteiger partial charge on any atom is 0.408 e. The molecule has 1 saturated heterocycles. The number of carboxylic acid groups (broad SMARTS) is 1. The van der Waals surface area contributed by atoms with E-state index in [1.807, 2.05) is 57.2 Å². The summed E-state index contributed by atoms with van der Waals surface area (Å²) in [7, 11) is 0. The Bertz CT molecular complexity index is 1520. The number of carbonyl (C=O) groups excluding carboxylic acids is 2. The number of fused-ring (bicyclic) bond motifs is 3. The number of ether oxygens (including phenoxy) is 3. The van der Waals surface area contributed by atoms with Crippen molar-refractivity contribution in [1.29, 1.82) is 0 Å². The summed E-state index contributed by atoms with van der Waals surface area (Å²) in [4.78, 5) is 40.3. The molecule has 0 spiro atoms. The number of rotatable bonds is 8. The molecule has 43 heavy (non-hydrogen) atoms. The second kappa shape index (κ2) is 11.7. The molecule has 2 aliphatic rings. The van der Waals surface area contributed by atoms with Crippen LogP contribution in [0.3, 0.4) is 0 Å². The molecular weight excluding hydrogens is 548 g/mol. The molecule has 226 valence electrons. The fraction of sp³-hybridized carbons (Fsp3) is 0.382. The molecule has 1 aliphatic heterocycles. The standard InChI is InChI=1S/C34H38N2O7/c1-33(2,3)43-24-15-13-21(14-16-24)17-28(30(37)36-29(31(38)39)20-42-34(36,4)5)35-32(40)41-19-23-10-8-12-26-25-11-7-6-9-22(25)18-27(23)26/h6-16,28-29H,17-20H2,1-5H3,(H,35,40)(H,38,39)/t28-,29-/m0/s1. The lowest BCUT2D eigenvalue weighted by Crippen LogP contribution is -2.58. The van der Waals surface area contributed by atoms with Crippen molar-refractivity contribution >= 4 is 18.0 Å². The summed E-state index contributed by atoms with van der Waals surface area (Å²) < 4.78 is 17.2. The smallest absolute Gasteiger partial charge is 0.408 e. The molecule has 2 N–H and O–H groups in total. The first-order valence-electron chi connectivity index (χ1n) is 14.4. The fourth-order valence-corrected chi connectivity index (χ4v) is 5.74. The Morgan fingerprint density at radius 2 is 1.72 bits per heavy atom. The largest absolute Gasteiger partial charge is 0.488 e. The Morgan fingerprint density at radius 1 is 1.02 bits per heavy atom. The van der Waals surface area contributed by atoms with Gasteiger partial charge in [-0.25, -0.2) is 9.59 Å². The Hall–Kier alpha value is -4.37. The highest BCUT2D eigenvalue weighted by Gasteiger charge is 2.49. The number of carboxylic acids is 1. The Labute approximate surface area is 251 Å². The first-order chi connectivity index (χ1) is 20.3. The zero-order valence-electron chi connectivity index (χ0n) is 25.2.